The Morgan fingerprint density at radius 1 is 0.727 bits per heavy atom. The van der Waals surface area contributed by atoms with E-state index in [4.69, 9.17) is 0 Å². The second-order valence-electron chi connectivity index (χ2n) is 9.86. The van der Waals surface area contributed by atoms with Crippen LogP contribution in [0.4, 0.5) is 0 Å². The second kappa shape index (κ2) is 17.6. The summed E-state index contributed by atoms with van der Waals surface area (Å²) < 4.78 is 0.102. The Kier molecular flexibility index (Phi) is 16.6. The molecule has 0 saturated carbocycles. The highest BCUT2D eigenvalue weighted by Gasteiger charge is 2.36. The highest BCUT2D eigenvalue weighted by atomic mass is 16.4. The van der Waals surface area contributed by atoms with Gasteiger partial charge in [0.1, 0.15) is 11.8 Å². The van der Waals surface area contributed by atoms with Gasteiger partial charge in [-0.1, -0.05) is 71.3 Å². The molecule has 0 rings (SSSR count). The van der Waals surface area contributed by atoms with E-state index >= 15 is 0 Å². The molecule has 0 amide bonds. The zero-order valence-corrected chi connectivity index (χ0v) is 21.3. The molecular formula is C26H47NO6. The molecule has 0 bridgehead atoms. The quantitative estimate of drug-likeness (QED) is 0.149. The lowest BCUT2D eigenvalue weighted by Gasteiger charge is -2.42. The zero-order chi connectivity index (χ0) is 25.3. The highest BCUT2D eigenvalue weighted by molar-refractivity contribution is 5.70. The molecule has 0 spiro atoms. The lowest BCUT2D eigenvalue weighted by molar-refractivity contribution is -0.929. The van der Waals surface area contributed by atoms with Gasteiger partial charge in [0.05, 0.1) is 26.2 Å². The topological polar surface area (TPSA) is 115 Å². The van der Waals surface area contributed by atoms with Crippen LogP contribution in [0.2, 0.25) is 0 Å². The van der Waals surface area contributed by atoms with Crippen LogP contribution in [0.1, 0.15) is 91.9 Å². The maximum Gasteiger partial charge on any atom is 0.311 e. The summed E-state index contributed by atoms with van der Waals surface area (Å²) in [4.78, 5) is 34.5. The molecule has 7 nitrogen and oxygen atoms in total. The summed E-state index contributed by atoms with van der Waals surface area (Å²) in [5.41, 5.74) is 0. The van der Waals surface area contributed by atoms with E-state index in [2.05, 4.69) is 13.0 Å². The molecule has 0 aromatic heterocycles. The van der Waals surface area contributed by atoms with Crippen molar-refractivity contribution in [2.24, 2.45) is 17.8 Å². The summed E-state index contributed by atoms with van der Waals surface area (Å²) in [5, 5.41) is 30.3. The van der Waals surface area contributed by atoms with Gasteiger partial charge >= 0.3 is 11.9 Å². The summed E-state index contributed by atoms with van der Waals surface area (Å²) >= 11 is 0. The van der Waals surface area contributed by atoms with E-state index in [0.717, 1.165) is 12.8 Å². The van der Waals surface area contributed by atoms with Crippen LogP contribution in [0.5, 0.6) is 0 Å². The van der Waals surface area contributed by atoms with E-state index in [1.54, 1.807) is 13.8 Å². The monoisotopic (exact) mass is 469 g/mol. The molecule has 3 unspecified atom stereocenters. The first-order chi connectivity index (χ1) is 15.5. The number of carboxylic acid groups (broad SMARTS) is 3. The Labute approximate surface area is 200 Å². The molecule has 3 atom stereocenters. The van der Waals surface area contributed by atoms with Gasteiger partial charge in [0.2, 0.25) is 0 Å². The number of nitrogens with zero attached hydrogens (tertiary/aromatic N) is 1. The number of allylic oxidation sites excluding steroid dienone is 1. The largest absolute Gasteiger partial charge is 0.550 e. The molecule has 0 aliphatic rings. The normalized spacial score (nSPS) is 16.2. The molecule has 0 aromatic carbocycles. The molecule has 7 heteroatoms. The third kappa shape index (κ3) is 14.8. The Balaban J connectivity index is 4.96. The maximum atomic E-state index is 11.5. The van der Waals surface area contributed by atoms with Gasteiger partial charge < -0.3 is 24.6 Å². The van der Waals surface area contributed by atoms with Crippen molar-refractivity contribution in [3.63, 3.8) is 0 Å². The molecular weight excluding hydrogens is 422 g/mol. The van der Waals surface area contributed by atoms with Crippen molar-refractivity contribution < 1.29 is 34.2 Å². The van der Waals surface area contributed by atoms with Gasteiger partial charge in [-0.15, -0.1) is 0 Å². The minimum atomic E-state index is -1.21. The van der Waals surface area contributed by atoms with E-state index in [1.807, 2.05) is 6.08 Å². The van der Waals surface area contributed by atoms with Crippen LogP contribution in [-0.2, 0) is 14.4 Å². The first-order valence-corrected chi connectivity index (χ1v) is 12.7. The van der Waals surface area contributed by atoms with Gasteiger partial charge in [0.25, 0.3) is 0 Å². The van der Waals surface area contributed by atoms with Crippen LogP contribution < -0.4 is 5.11 Å². The second-order valence-corrected chi connectivity index (χ2v) is 9.86. The summed E-state index contributed by atoms with van der Waals surface area (Å²) in [6.45, 7) is 7.81. The van der Waals surface area contributed by atoms with Gasteiger partial charge in [-0.2, -0.15) is 0 Å². The van der Waals surface area contributed by atoms with E-state index in [9.17, 15) is 29.7 Å². The SMILES string of the molecule is CCCCCCCCCCC/C=C/C[N+](CC(C)C(=O)[O-])(CC(C)C(=O)O)CC(C)C(=O)O. The van der Waals surface area contributed by atoms with Gasteiger partial charge in [-0.3, -0.25) is 9.59 Å². The molecule has 0 radical (unpaired) electrons. The van der Waals surface area contributed by atoms with Crippen molar-refractivity contribution in [1.82, 2.24) is 0 Å². The van der Waals surface area contributed by atoms with Crippen molar-refractivity contribution in [1.29, 1.82) is 0 Å². The number of carbonyl (C=O) groups excluding carboxylic acids is 1. The molecule has 0 heterocycles. The average Bonchev–Trinajstić information content (AvgIpc) is 2.74. The molecule has 0 aromatic rings. The van der Waals surface area contributed by atoms with Crippen molar-refractivity contribution in [2.45, 2.75) is 91.9 Å². The third-order valence-corrected chi connectivity index (χ3v) is 6.36. The number of hydrogen-bond donors (Lipinski definition) is 2. The van der Waals surface area contributed by atoms with Crippen molar-refractivity contribution in [3.05, 3.63) is 12.2 Å². The summed E-state index contributed by atoms with van der Waals surface area (Å²) in [5.74, 6) is -5.39. The fourth-order valence-corrected chi connectivity index (χ4v) is 4.41. The van der Waals surface area contributed by atoms with E-state index in [0.29, 0.717) is 6.54 Å². The van der Waals surface area contributed by atoms with Crippen LogP contribution in [0, 0.1) is 17.8 Å². The molecule has 0 aliphatic carbocycles. The molecule has 33 heavy (non-hydrogen) atoms. The molecule has 0 aliphatic heterocycles. The minimum Gasteiger partial charge on any atom is -0.550 e. The van der Waals surface area contributed by atoms with Crippen molar-refractivity contribution in [3.8, 4) is 0 Å². The average molecular weight is 470 g/mol. The van der Waals surface area contributed by atoms with Crippen LogP contribution in [-0.4, -0.2) is 58.8 Å². The van der Waals surface area contributed by atoms with Crippen LogP contribution >= 0.6 is 0 Å². The summed E-state index contributed by atoms with van der Waals surface area (Å²) in [7, 11) is 0. The Bertz CT molecular complexity index is 549. The first-order valence-electron chi connectivity index (χ1n) is 12.7. The predicted octanol–water partition coefficient (Wildman–Crippen LogP) is 4.11. The molecule has 0 fully saturated rings. The Morgan fingerprint density at radius 2 is 1.15 bits per heavy atom. The van der Waals surface area contributed by atoms with Gasteiger partial charge in [-0.05, 0) is 32.8 Å². The molecule has 0 saturated heterocycles. The zero-order valence-electron chi connectivity index (χ0n) is 21.3. The number of unbranched alkanes of at least 4 members (excludes halogenated alkanes) is 9. The lowest BCUT2D eigenvalue weighted by Crippen LogP contribution is -2.58. The van der Waals surface area contributed by atoms with Gasteiger partial charge in [0, 0.05) is 11.9 Å². The number of carboxylic acids is 3. The Morgan fingerprint density at radius 3 is 1.58 bits per heavy atom. The predicted molar refractivity (Wildman–Crippen MR) is 128 cm³/mol. The number of quaternary nitrogens is 1. The van der Waals surface area contributed by atoms with Crippen molar-refractivity contribution >= 4 is 17.9 Å². The lowest BCUT2D eigenvalue weighted by atomic mass is 10.0. The number of rotatable bonds is 21. The molecule has 192 valence electrons. The van der Waals surface area contributed by atoms with E-state index in [-0.39, 0.29) is 24.1 Å². The fraction of sp³-hybridized carbons (Fsp3) is 0.808. The number of hydrogen-bond acceptors (Lipinski definition) is 4. The van der Waals surface area contributed by atoms with Crippen LogP contribution in [0.25, 0.3) is 0 Å². The maximum absolute atomic E-state index is 11.5. The third-order valence-electron chi connectivity index (χ3n) is 6.36. The standard InChI is InChI=1S/C26H47NO6/c1-5-6-7-8-9-10-11-12-13-14-15-16-17-27(18-21(2)24(28)29,19-22(3)25(30)31)20-23(4)26(32)33/h15-16,21-23H,5-14,17-20H2,1-4H3,(H2-,28,29,30,31,32,33)/b16-15+. The fourth-order valence-electron chi connectivity index (χ4n) is 4.41. The van der Waals surface area contributed by atoms with Crippen LogP contribution in [0.3, 0.4) is 0 Å². The highest BCUT2D eigenvalue weighted by Crippen LogP contribution is 2.20. The Hall–Kier alpha value is -1.89. The smallest absolute Gasteiger partial charge is 0.311 e. The summed E-state index contributed by atoms with van der Waals surface area (Å²) in [6, 6.07) is 0. The number of aliphatic carboxylic acids is 3. The van der Waals surface area contributed by atoms with Gasteiger partial charge in [-0.25, -0.2) is 0 Å². The molecule has 2 N–H and O–H groups in total. The first kappa shape index (κ1) is 31.1. The van der Waals surface area contributed by atoms with Crippen molar-refractivity contribution in [2.75, 3.05) is 26.2 Å². The van der Waals surface area contributed by atoms with Gasteiger partial charge in [0.15, 0.2) is 0 Å². The summed E-state index contributed by atoms with van der Waals surface area (Å²) in [6.07, 6.45) is 16.2. The minimum absolute atomic E-state index is 0.102. The number of carbonyl (C=O) groups is 3. The van der Waals surface area contributed by atoms with E-state index < -0.39 is 35.7 Å². The van der Waals surface area contributed by atoms with Crippen LogP contribution in [0.15, 0.2) is 12.2 Å². The van der Waals surface area contributed by atoms with E-state index in [1.165, 1.54) is 58.3 Å².